The van der Waals surface area contributed by atoms with Crippen LogP contribution in [-0.4, -0.2) is 11.1 Å². The van der Waals surface area contributed by atoms with Gasteiger partial charge < -0.3 is 5.11 Å². The molecule has 0 spiro atoms. The summed E-state index contributed by atoms with van der Waals surface area (Å²) in [5, 5.41) is 9.09. The summed E-state index contributed by atoms with van der Waals surface area (Å²) in [6.45, 7) is 2.13. The molecule has 2 nitrogen and oxygen atoms in total. The molecule has 2 heteroatoms. The minimum Gasteiger partial charge on any atom is -0.481 e. The Bertz CT molecular complexity index is 462. The van der Waals surface area contributed by atoms with Gasteiger partial charge in [-0.25, -0.2) is 0 Å². The molecule has 0 aliphatic heterocycles. The highest BCUT2D eigenvalue weighted by Gasteiger charge is 2.49. The highest BCUT2D eigenvalue weighted by molar-refractivity contribution is 5.67. The number of benzene rings is 1. The van der Waals surface area contributed by atoms with Crippen molar-refractivity contribution in [3.63, 3.8) is 0 Å². The molecule has 0 unspecified atom stereocenters. The Morgan fingerprint density at radius 3 is 2.05 bits per heavy atom. The van der Waals surface area contributed by atoms with Gasteiger partial charge in [-0.3, -0.25) is 4.79 Å². The number of carboxylic acid groups (broad SMARTS) is 1. The minimum absolute atomic E-state index is 0.109. The van der Waals surface area contributed by atoms with Gasteiger partial charge in [-0.15, -0.1) is 0 Å². The van der Waals surface area contributed by atoms with Gasteiger partial charge in [0, 0.05) is 0 Å². The fraction of sp³-hybridized carbons (Fsp3) is 0.588. The van der Waals surface area contributed by atoms with Crippen molar-refractivity contribution >= 4 is 5.97 Å². The van der Waals surface area contributed by atoms with Crippen LogP contribution >= 0.6 is 0 Å². The Balaban J connectivity index is 1.81. The summed E-state index contributed by atoms with van der Waals surface area (Å²) in [4.78, 5) is 11.0. The van der Waals surface area contributed by atoms with Gasteiger partial charge in [0.2, 0.25) is 0 Å². The average molecular weight is 258 g/mol. The van der Waals surface area contributed by atoms with E-state index >= 15 is 0 Å². The number of hydrogen-bond acceptors (Lipinski definition) is 1. The lowest BCUT2D eigenvalue weighted by molar-refractivity contribution is -0.142. The fourth-order valence-corrected chi connectivity index (χ4v) is 4.19. The molecule has 0 radical (unpaired) electrons. The fourth-order valence-electron chi connectivity index (χ4n) is 4.19. The van der Waals surface area contributed by atoms with Crippen LogP contribution in [0.3, 0.4) is 0 Å². The first-order valence-electron chi connectivity index (χ1n) is 7.33. The molecule has 3 aliphatic rings. The topological polar surface area (TPSA) is 37.3 Å². The second-order valence-corrected chi connectivity index (χ2v) is 6.72. The maximum absolute atomic E-state index is 11.0. The van der Waals surface area contributed by atoms with Crippen LogP contribution in [0.2, 0.25) is 0 Å². The Hall–Kier alpha value is -1.31. The maximum Gasteiger partial charge on any atom is 0.303 e. The molecule has 0 amide bonds. The van der Waals surface area contributed by atoms with E-state index in [-0.39, 0.29) is 5.41 Å². The molecule has 2 bridgehead atoms. The third-order valence-electron chi connectivity index (χ3n) is 5.59. The van der Waals surface area contributed by atoms with E-state index in [1.807, 2.05) is 0 Å². The van der Waals surface area contributed by atoms with Crippen molar-refractivity contribution in [3.8, 4) is 0 Å². The summed E-state index contributed by atoms with van der Waals surface area (Å²) in [7, 11) is 0. The number of aliphatic carboxylic acids is 1. The first-order valence-corrected chi connectivity index (χ1v) is 7.33. The first-order chi connectivity index (χ1) is 9.04. The third kappa shape index (κ3) is 2.18. The molecule has 1 aromatic rings. The Morgan fingerprint density at radius 1 is 1.05 bits per heavy atom. The number of fused-ring (bicyclic) bond motifs is 3. The van der Waals surface area contributed by atoms with Crippen molar-refractivity contribution in [1.29, 1.82) is 0 Å². The molecule has 0 saturated heterocycles. The van der Waals surface area contributed by atoms with Gasteiger partial charge in [0.15, 0.2) is 0 Å². The molecule has 4 rings (SSSR count). The molecular weight excluding hydrogens is 236 g/mol. The number of aryl methyl sites for hydroxylation is 1. The van der Waals surface area contributed by atoms with Crippen LogP contribution in [0.15, 0.2) is 24.3 Å². The van der Waals surface area contributed by atoms with Crippen molar-refractivity contribution < 1.29 is 9.90 Å². The Labute approximate surface area is 114 Å². The highest BCUT2D eigenvalue weighted by atomic mass is 16.4. The normalized spacial score (nSPS) is 33.3. The monoisotopic (exact) mass is 258 g/mol. The Kier molecular flexibility index (Phi) is 2.92. The van der Waals surface area contributed by atoms with E-state index in [0.717, 1.165) is 19.3 Å². The summed E-state index contributed by atoms with van der Waals surface area (Å²) < 4.78 is 0. The van der Waals surface area contributed by atoms with Gasteiger partial charge in [-0.05, 0) is 61.8 Å². The van der Waals surface area contributed by atoms with Crippen molar-refractivity contribution in [2.24, 2.45) is 5.41 Å². The van der Waals surface area contributed by atoms with E-state index in [9.17, 15) is 4.79 Å². The van der Waals surface area contributed by atoms with Crippen LogP contribution in [0.1, 0.15) is 56.1 Å². The lowest BCUT2D eigenvalue weighted by atomic mass is 9.51. The maximum atomic E-state index is 11.0. The van der Waals surface area contributed by atoms with Crippen molar-refractivity contribution in [2.75, 3.05) is 0 Å². The number of hydrogen-bond donors (Lipinski definition) is 1. The molecule has 3 fully saturated rings. The molecule has 0 heterocycles. The van der Waals surface area contributed by atoms with Crippen LogP contribution < -0.4 is 0 Å². The summed E-state index contributed by atoms with van der Waals surface area (Å²) in [5.41, 5.74) is 3.24. The second-order valence-electron chi connectivity index (χ2n) is 6.72. The molecule has 3 saturated carbocycles. The summed E-state index contributed by atoms with van der Waals surface area (Å²) in [6.07, 6.45) is 7.15. The van der Waals surface area contributed by atoms with Gasteiger partial charge in [-0.1, -0.05) is 29.8 Å². The minimum atomic E-state index is -0.621. The number of carboxylic acids is 1. The molecular formula is C17H22O2. The summed E-state index contributed by atoms with van der Waals surface area (Å²) in [6, 6.07) is 8.98. The average Bonchev–Trinajstić information content (AvgIpc) is 2.40. The van der Waals surface area contributed by atoms with Crippen LogP contribution in [0, 0.1) is 12.3 Å². The molecule has 19 heavy (non-hydrogen) atoms. The lowest BCUT2D eigenvalue weighted by Gasteiger charge is -2.53. The third-order valence-corrected chi connectivity index (χ3v) is 5.59. The van der Waals surface area contributed by atoms with E-state index in [2.05, 4.69) is 31.2 Å². The molecule has 102 valence electrons. The van der Waals surface area contributed by atoms with Crippen molar-refractivity contribution in [1.82, 2.24) is 0 Å². The van der Waals surface area contributed by atoms with Gasteiger partial charge in [-0.2, -0.15) is 0 Å². The van der Waals surface area contributed by atoms with Gasteiger partial charge in [0.25, 0.3) is 0 Å². The van der Waals surface area contributed by atoms with Crippen LogP contribution in [-0.2, 0) is 10.2 Å². The smallest absolute Gasteiger partial charge is 0.303 e. The Morgan fingerprint density at radius 2 is 1.58 bits per heavy atom. The van der Waals surface area contributed by atoms with Crippen molar-refractivity contribution in [3.05, 3.63) is 35.4 Å². The summed E-state index contributed by atoms with van der Waals surface area (Å²) in [5.74, 6) is -0.621. The second kappa shape index (κ2) is 4.36. The van der Waals surface area contributed by atoms with Crippen LogP contribution in [0.25, 0.3) is 0 Å². The first kappa shape index (κ1) is 12.7. The van der Waals surface area contributed by atoms with E-state index in [0.29, 0.717) is 11.8 Å². The molecule has 1 aromatic carbocycles. The zero-order chi connectivity index (χ0) is 13.5. The molecule has 0 atom stereocenters. The van der Waals surface area contributed by atoms with Crippen molar-refractivity contribution in [2.45, 2.75) is 57.3 Å². The molecule has 3 aliphatic carbocycles. The zero-order valence-electron chi connectivity index (χ0n) is 11.6. The highest BCUT2D eigenvalue weighted by Crippen LogP contribution is 2.59. The van der Waals surface area contributed by atoms with Crippen LogP contribution in [0.5, 0.6) is 0 Å². The standard InChI is InChI=1S/C17H22O2/c1-13-2-4-14(5-3-13)17-9-6-16(7-10-17,8-11-17)12-15(18)19/h2-5H,6-12H2,1H3,(H,18,19). The predicted octanol–water partition coefficient (Wildman–Crippen LogP) is 4.06. The number of carbonyl (C=O) groups is 1. The van der Waals surface area contributed by atoms with E-state index in [4.69, 9.17) is 5.11 Å². The number of rotatable bonds is 3. The largest absolute Gasteiger partial charge is 0.481 e. The zero-order valence-corrected chi connectivity index (χ0v) is 11.6. The van der Waals surface area contributed by atoms with E-state index in [1.165, 1.54) is 30.4 Å². The van der Waals surface area contributed by atoms with Crippen LogP contribution in [0.4, 0.5) is 0 Å². The molecule has 1 N–H and O–H groups in total. The predicted molar refractivity (Wildman–Crippen MR) is 75.2 cm³/mol. The molecule has 0 aromatic heterocycles. The SMILES string of the molecule is Cc1ccc(C23CCC(CC(=O)O)(CC2)CC3)cc1. The van der Waals surface area contributed by atoms with Gasteiger partial charge in [0.05, 0.1) is 6.42 Å². The van der Waals surface area contributed by atoms with Gasteiger partial charge >= 0.3 is 5.97 Å². The van der Waals surface area contributed by atoms with E-state index in [1.54, 1.807) is 0 Å². The summed E-state index contributed by atoms with van der Waals surface area (Å²) >= 11 is 0. The van der Waals surface area contributed by atoms with Gasteiger partial charge in [0.1, 0.15) is 0 Å². The quantitative estimate of drug-likeness (QED) is 0.887. The lowest BCUT2D eigenvalue weighted by Crippen LogP contribution is -2.45. The van der Waals surface area contributed by atoms with E-state index < -0.39 is 5.97 Å².